The van der Waals surface area contributed by atoms with Crippen LogP contribution in [0, 0.1) is 0 Å². The molecule has 2 heterocycles. The predicted octanol–water partition coefficient (Wildman–Crippen LogP) is 5.15. The van der Waals surface area contributed by atoms with E-state index in [1.165, 1.54) is 22.9 Å². The number of rotatable bonds is 7. The lowest BCUT2D eigenvalue weighted by molar-refractivity contribution is -0.139. The first-order chi connectivity index (χ1) is 16.1. The number of hydrogen-bond acceptors (Lipinski definition) is 6. The number of carboxylic acid groups (broad SMARTS) is 1. The first kappa shape index (κ1) is 23.0. The molecule has 8 nitrogen and oxygen atoms in total. The van der Waals surface area contributed by atoms with E-state index in [0.29, 0.717) is 12.1 Å². The Morgan fingerprint density at radius 2 is 1.82 bits per heavy atom. The highest BCUT2D eigenvalue weighted by molar-refractivity contribution is 5.85. The van der Waals surface area contributed by atoms with Gasteiger partial charge in [0, 0.05) is 17.3 Å². The zero-order chi connectivity index (χ0) is 24.5. The molecule has 0 aliphatic rings. The number of aromatic carboxylic acids is 1. The maximum Gasteiger partial charge on any atom is 0.419 e. The Labute approximate surface area is 191 Å². The third kappa shape index (κ3) is 5.08. The minimum absolute atomic E-state index is 0.0478. The van der Waals surface area contributed by atoms with E-state index >= 15 is 0 Å². The second-order valence-electron chi connectivity index (χ2n) is 7.70. The van der Waals surface area contributed by atoms with Crippen LogP contribution < -0.4 is 4.74 Å². The van der Waals surface area contributed by atoms with Crippen LogP contribution in [0.4, 0.5) is 13.2 Å². The van der Waals surface area contributed by atoms with E-state index in [9.17, 15) is 18.0 Å². The van der Waals surface area contributed by atoms with Crippen molar-refractivity contribution in [1.29, 1.82) is 0 Å². The molecule has 4 rings (SSSR count). The summed E-state index contributed by atoms with van der Waals surface area (Å²) in [6, 6.07) is 12.0. The van der Waals surface area contributed by atoms with Crippen molar-refractivity contribution < 1.29 is 32.3 Å². The van der Waals surface area contributed by atoms with Crippen LogP contribution >= 0.6 is 0 Å². The van der Waals surface area contributed by atoms with Crippen molar-refractivity contribution in [3.05, 3.63) is 71.5 Å². The van der Waals surface area contributed by atoms with Gasteiger partial charge in [0.15, 0.2) is 5.69 Å². The van der Waals surface area contributed by atoms with Gasteiger partial charge in [-0.05, 0) is 43.7 Å². The zero-order valence-electron chi connectivity index (χ0n) is 18.1. The number of carbonyl (C=O) groups is 1. The highest BCUT2D eigenvalue weighted by atomic mass is 19.4. The number of carboxylic acids is 1. The van der Waals surface area contributed by atoms with Crippen molar-refractivity contribution in [2.75, 3.05) is 0 Å². The Morgan fingerprint density at radius 1 is 1.12 bits per heavy atom. The first-order valence-corrected chi connectivity index (χ1v) is 10.2. The van der Waals surface area contributed by atoms with Crippen molar-refractivity contribution in [3.63, 3.8) is 0 Å². The molecule has 0 aliphatic carbocycles. The van der Waals surface area contributed by atoms with Crippen molar-refractivity contribution >= 4 is 5.97 Å². The lowest BCUT2D eigenvalue weighted by Gasteiger charge is -2.16. The Morgan fingerprint density at radius 3 is 2.44 bits per heavy atom. The second-order valence-corrected chi connectivity index (χ2v) is 7.70. The van der Waals surface area contributed by atoms with Crippen molar-refractivity contribution in [1.82, 2.24) is 19.9 Å². The smallest absolute Gasteiger partial charge is 0.419 e. The van der Waals surface area contributed by atoms with Crippen LogP contribution in [0.5, 0.6) is 5.75 Å². The normalized spacial score (nSPS) is 11.7. The summed E-state index contributed by atoms with van der Waals surface area (Å²) in [5.41, 5.74) is 0.594. The summed E-state index contributed by atoms with van der Waals surface area (Å²) in [6.07, 6.45) is -3.47. The largest absolute Gasteiger partial charge is 0.490 e. The number of ether oxygens (including phenoxy) is 1. The maximum atomic E-state index is 13.5. The fourth-order valence-corrected chi connectivity index (χ4v) is 3.21. The average molecular weight is 472 g/mol. The lowest BCUT2D eigenvalue weighted by atomic mass is 10.1. The fourth-order valence-electron chi connectivity index (χ4n) is 3.21. The summed E-state index contributed by atoms with van der Waals surface area (Å²) in [6.45, 7) is 3.65. The summed E-state index contributed by atoms with van der Waals surface area (Å²) in [7, 11) is 0. The zero-order valence-corrected chi connectivity index (χ0v) is 18.1. The van der Waals surface area contributed by atoms with Crippen molar-refractivity contribution in [3.8, 4) is 28.6 Å². The summed E-state index contributed by atoms with van der Waals surface area (Å²) in [4.78, 5) is 15.2. The highest BCUT2D eigenvalue weighted by Gasteiger charge is 2.35. The topological polar surface area (TPSA) is 103 Å². The molecule has 0 saturated heterocycles. The molecule has 0 radical (unpaired) electrons. The third-order valence-electron chi connectivity index (χ3n) is 4.74. The molecule has 0 spiro atoms. The quantitative estimate of drug-likeness (QED) is 0.397. The van der Waals surface area contributed by atoms with Gasteiger partial charge in [-0.15, -0.1) is 0 Å². The number of halogens is 3. The second kappa shape index (κ2) is 9.00. The SMILES string of the molecule is CC(C)Oc1ccc(-c2nc(-c3ccc(Cn4ccc(C(=O)O)n4)cc3)no2)cc1C(F)(F)F. The molecule has 1 N–H and O–H groups in total. The molecule has 176 valence electrons. The number of nitrogens with zero attached hydrogens (tertiary/aromatic N) is 4. The minimum Gasteiger partial charge on any atom is -0.490 e. The van der Waals surface area contributed by atoms with Crippen LogP contribution in [0.2, 0.25) is 0 Å². The van der Waals surface area contributed by atoms with Gasteiger partial charge < -0.3 is 14.4 Å². The van der Waals surface area contributed by atoms with Crippen LogP contribution in [0.1, 0.15) is 35.5 Å². The Balaban J connectivity index is 1.54. The van der Waals surface area contributed by atoms with Gasteiger partial charge in [-0.25, -0.2) is 4.79 Å². The van der Waals surface area contributed by atoms with E-state index < -0.39 is 23.8 Å². The molecular weight excluding hydrogens is 453 g/mol. The van der Waals surface area contributed by atoms with Gasteiger partial charge in [-0.1, -0.05) is 29.4 Å². The van der Waals surface area contributed by atoms with Gasteiger partial charge in [0.1, 0.15) is 5.75 Å². The van der Waals surface area contributed by atoms with Crippen LogP contribution in [-0.4, -0.2) is 37.1 Å². The molecule has 0 aliphatic heterocycles. The monoisotopic (exact) mass is 472 g/mol. The van der Waals surface area contributed by atoms with Crippen molar-refractivity contribution in [2.45, 2.75) is 32.7 Å². The molecule has 0 bridgehead atoms. The lowest BCUT2D eigenvalue weighted by Crippen LogP contribution is -2.13. The third-order valence-corrected chi connectivity index (χ3v) is 4.74. The Bertz CT molecular complexity index is 1310. The van der Waals surface area contributed by atoms with Gasteiger partial charge in [-0.3, -0.25) is 4.68 Å². The number of benzene rings is 2. The summed E-state index contributed by atoms with van der Waals surface area (Å²) in [5.74, 6) is -1.22. The predicted molar refractivity (Wildman–Crippen MR) is 114 cm³/mol. The Hall–Kier alpha value is -4.15. The molecule has 0 unspecified atom stereocenters. The van der Waals surface area contributed by atoms with Gasteiger partial charge >= 0.3 is 12.1 Å². The number of aromatic nitrogens is 4. The number of hydrogen-bond donors (Lipinski definition) is 1. The van der Waals surface area contributed by atoms with Gasteiger partial charge in [-0.2, -0.15) is 23.3 Å². The van der Waals surface area contributed by atoms with E-state index in [1.54, 1.807) is 44.3 Å². The number of alkyl halides is 3. The van der Waals surface area contributed by atoms with Crippen LogP contribution in [0.25, 0.3) is 22.8 Å². The van der Waals surface area contributed by atoms with Crippen LogP contribution in [0.15, 0.2) is 59.3 Å². The van der Waals surface area contributed by atoms with Gasteiger partial charge in [0.2, 0.25) is 5.82 Å². The minimum atomic E-state index is -4.61. The standard InChI is InChI=1S/C23H19F3N4O4/c1-13(2)33-19-8-7-16(11-17(19)23(24,25)26)21-27-20(29-34-21)15-5-3-14(4-6-15)12-30-10-9-18(28-30)22(31)32/h3-11,13H,12H2,1-2H3,(H,31,32). The van der Waals surface area contributed by atoms with E-state index in [4.69, 9.17) is 14.4 Å². The van der Waals surface area contributed by atoms with Crippen LogP contribution in [-0.2, 0) is 12.7 Å². The van der Waals surface area contributed by atoms with E-state index in [1.807, 2.05) is 0 Å². The molecule has 34 heavy (non-hydrogen) atoms. The molecule has 0 atom stereocenters. The highest BCUT2D eigenvalue weighted by Crippen LogP contribution is 2.39. The molecule has 0 saturated carbocycles. The fraction of sp³-hybridized carbons (Fsp3) is 0.217. The average Bonchev–Trinajstić information content (AvgIpc) is 3.44. The van der Waals surface area contributed by atoms with Crippen LogP contribution in [0.3, 0.4) is 0 Å². The van der Waals surface area contributed by atoms with E-state index in [2.05, 4.69) is 15.2 Å². The van der Waals surface area contributed by atoms with Gasteiger partial charge in [0.25, 0.3) is 5.89 Å². The summed E-state index contributed by atoms with van der Waals surface area (Å²) < 4.78 is 52.5. The molecule has 11 heteroatoms. The molecule has 2 aromatic heterocycles. The maximum absolute atomic E-state index is 13.5. The molecular formula is C23H19F3N4O4. The Kier molecular flexibility index (Phi) is 6.10. The molecule has 4 aromatic rings. The summed E-state index contributed by atoms with van der Waals surface area (Å²) in [5, 5.41) is 16.8. The van der Waals surface area contributed by atoms with Gasteiger partial charge in [0.05, 0.1) is 18.2 Å². The molecule has 0 fully saturated rings. The molecule has 2 aromatic carbocycles. The van der Waals surface area contributed by atoms with E-state index in [0.717, 1.165) is 11.6 Å². The first-order valence-electron chi connectivity index (χ1n) is 10.2. The summed E-state index contributed by atoms with van der Waals surface area (Å²) >= 11 is 0. The molecule has 0 amide bonds. The van der Waals surface area contributed by atoms with Crippen molar-refractivity contribution in [2.24, 2.45) is 0 Å². The van der Waals surface area contributed by atoms with E-state index in [-0.39, 0.29) is 28.7 Å².